The molecule has 17 heavy (non-hydrogen) atoms. The molecule has 0 bridgehead atoms. The van der Waals surface area contributed by atoms with Crippen LogP contribution < -0.4 is 16.0 Å². The first-order valence-corrected chi connectivity index (χ1v) is 5.26. The van der Waals surface area contributed by atoms with Gasteiger partial charge < -0.3 is 15.7 Å². The number of thiol groups is 1. The third kappa shape index (κ3) is 13.3. The largest absolute Gasteiger partial charge is 0.480 e. The predicted octanol–water partition coefficient (Wildman–Crippen LogP) is -2.18. The summed E-state index contributed by atoms with van der Waals surface area (Å²) in [5.41, 5.74) is 0. The molecule has 0 rings (SSSR count). The van der Waals surface area contributed by atoms with Crippen LogP contribution in [0.4, 0.5) is 0 Å². The Morgan fingerprint density at radius 1 is 1.00 bits per heavy atom. The van der Waals surface area contributed by atoms with E-state index in [9.17, 15) is 14.4 Å². The molecule has 9 heteroatoms. The number of hydrogen-bond acceptors (Lipinski definition) is 5. The molecule has 1 radical (unpaired) electrons. The van der Waals surface area contributed by atoms with Crippen molar-refractivity contribution in [1.82, 2.24) is 16.0 Å². The number of nitrogens with one attached hydrogen (secondary N) is 3. The molecule has 4 N–H and O–H groups in total. The van der Waals surface area contributed by atoms with Crippen LogP contribution in [0.3, 0.4) is 0 Å². The van der Waals surface area contributed by atoms with Crippen LogP contribution in [0, 0.1) is 0 Å². The summed E-state index contributed by atoms with van der Waals surface area (Å²) in [6.07, 6.45) is 0. The van der Waals surface area contributed by atoms with Gasteiger partial charge in [-0.25, -0.2) is 0 Å². The molecule has 0 saturated carbocycles. The Morgan fingerprint density at radius 2 is 1.53 bits per heavy atom. The van der Waals surface area contributed by atoms with Crippen molar-refractivity contribution in [2.45, 2.75) is 0 Å². The molecule has 0 aromatic heterocycles. The summed E-state index contributed by atoms with van der Waals surface area (Å²) in [5, 5.41) is 15.7. The zero-order valence-corrected chi connectivity index (χ0v) is 11.8. The molecule has 0 spiro atoms. The quantitative estimate of drug-likeness (QED) is 0.253. The van der Waals surface area contributed by atoms with E-state index in [0.29, 0.717) is 13.1 Å². The summed E-state index contributed by atoms with van der Waals surface area (Å²) in [5.74, 6) is -1.44. The van der Waals surface area contributed by atoms with Gasteiger partial charge in [-0.2, -0.15) is 12.6 Å². The number of carboxylic acids is 1. The maximum absolute atomic E-state index is 11.0. The standard InChI is InChI=1S/C8H15N3O4S.Tc/c12-6(3-9-4-8(14)15)10-1-2-11-7(13)5-16;/h9,16H,1-5H2,(H,10,12)(H,11,13)(H,14,15);/i;1+1. The van der Waals surface area contributed by atoms with Crippen molar-refractivity contribution in [3.63, 3.8) is 0 Å². The van der Waals surface area contributed by atoms with E-state index in [1.54, 1.807) is 0 Å². The Labute approximate surface area is 118 Å². The first-order valence-electron chi connectivity index (χ1n) is 4.63. The van der Waals surface area contributed by atoms with Gasteiger partial charge in [0.05, 0.1) is 18.8 Å². The SMILES string of the molecule is O=C(O)CNCC(=O)NCCNC(=O)CS.[99Tc]. The molecule has 99 valence electrons. The van der Waals surface area contributed by atoms with E-state index in [4.69, 9.17) is 5.11 Å². The van der Waals surface area contributed by atoms with Gasteiger partial charge in [-0.3, -0.25) is 19.7 Å². The summed E-state index contributed by atoms with van der Waals surface area (Å²) >= 11 is 3.76. The Bertz CT molecular complexity index is 265. The number of rotatable bonds is 8. The van der Waals surface area contributed by atoms with Gasteiger partial charge >= 0.3 is 5.97 Å². The number of aliphatic carboxylic acids is 1. The average Bonchev–Trinajstić information content (AvgIpc) is 2.23. The van der Waals surface area contributed by atoms with Crippen LogP contribution in [0.2, 0.25) is 0 Å². The Kier molecular flexibility index (Phi) is 13.0. The van der Waals surface area contributed by atoms with Crippen molar-refractivity contribution in [3.8, 4) is 0 Å². The van der Waals surface area contributed by atoms with Crippen molar-refractivity contribution in [1.29, 1.82) is 0 Å². The second kappa shape index (κ2) is 11.8. The maximum Gasteiger partial charge on any atom is 0.317 e. The molecule has 0 atom stereocenters. The zero-order chi connectivity index (χ0) is 12.4. The van der Waals surface area contributed by atoms with Crippen LogP contribution in [0.5, 0.6) is 0 Å². The molecule has 0 aliphatic heterocycles. The summed E-state index contributed by atoms with van der Waals surface area (Å²) < 4.78 is 0. The Balaban J connectivity index is 0. The minimum Gasteiger partial charge on any atom is -0.480 e. The number of hydrogen-bond donors (Lipinski definition) is 5. The van der Waals surface area contributed by atoms with E-state index >= 15 is 0 Å². The first kappa shape index (κ1) is 18.7. The van der Waals surface area contributed by atoms with Crippen molar-refractivity contribution in [2.75, 3.05) is 31.9 Å². The molecular weight excluding hydrogens is 333 g/mol. The average molecular weight is 348 g/mol. The Morgan fingerprint density at radius 3 is 2.00 bits per heavy atom. The summed E-state index contributed by atoms with van der Waals surface area (Å²) in [7, 11) is 0. The minimum atomic E-state index is -1.02. The van der Waals surface area contributed by atoms with Crippen LogP contribution in [-0.2, 0) is 34.5 Å². The van der Waals surface area contributed by atoms with E-state index in [0.717, 1.165) is 0 Å². The smallest absolute Gasteiger partial charge is 0.317 e. The number of carbonyl (C=O) groups is 3. The van der Waals surface area contributed by atoms with Gasteiger partial charge in [0.2, 0.25) is 11.8 Å². The molecular formula is C8H15N3O4STc. The molecule has 0 aliphatic carbocycles. The van der Waals surface area contributed by atoms with Crippen LogP contribution >= 0.6 is 12.6 Å². The van der Waals surface area contributed by atoms with E-state index in [-0.39, 0.29) is 50.8 Å². The van der Waals surface area contributed by atoms with Crippen LogP contribution in [0.25, 0.3) is 0 Å². The van der Waals surface area contributed by atoms with Gasteiger partial charge in [-0.05, 0) is 0 Å². The third-order valence-corrected chi connectivity index (χ3v) is 1.76. The van der Waals surface area contributed by atoms with Crippen LogP contribution in [0.15, 0.2) is 0 Å². The third-order valence-electron chi connectivity index (χ3n) is 1.47. The monoisotopic (exact) mass is 348 g/mol. The first-order chi connectivity index (χ1) is 7.56. The summed E-state index contributed by atoms with van der Waals surface area (Å²) in [6, 6.07) is 0. The molecule has 0 aromatic rings. The van der Waals surface area contributed by atoms with E-state index in [1.807, 2.05) is 0 Å². The number of carboxylic acid groups (broad SMARTS) is 1. The fraction of sp³-hybridized carbons (Fsp3) is 0.625. The molecule has 0 unspecified atom stereocenters. The molecule has 7 nitrogen and oxygen atoms in total. The van der Waals surface area contributed by atoms with Gasteiger partial charge in [0.25, 0.3) is 0 Å². The maximum atomic E-state index is 11.0. The summed E-state index contributed by atoms with van der Waals surface area (Å²) in [4.78, 5) is 31.9. The number of carbonyl (C=O) groups excluding carboxylic acids is 2. The van der Waals surface area contributed by atoms with Gasteiger partial charge in [-0.15, -0.1) is 0 Å². The molecule has 0 fully saturated rings. The normalized spacial score (nSPS) is 9.00. The van der Waals surface area contributed by atoms with Crippen LogP contribution in [0.1, 0.15) is 0 Å². The van der Waals surface area contributed by atoms with Gasteiger partial charge in [0, 0.05) is 33.2 Å². The predicted molar refractivity (Wildman–Crippen MR) is 60.4 cm³/mol. The molecule has 0 saturated heterocycles. The van der Waals surface area contributed by atoms with Crippen LogP contribution in [-0.4, -0.2) is 54.8 Å². The topological polar surface area (TPSA) is 108 Å². The second-order valence-corrected chi connectivity index (χ2v) is 3.17. The van der Waals surface area contributed by atoms with Gasteiger partial charge in [0.1, 0.15) is 0 Å². The Hall–Kier alpha value is -0.631. The zero-order valence-electron chi connectivity index (χ0n) is 9.03. The van der Waals surface area contributed by atoms with E-state index < -0.39 is 5.97 Å². The second-order valence-electron chi connectivity index (χ2n) is 2.86. The van der Waals surface area contributed by atoms with E-state index in [2.05, 4.69) is 28.6 Å². The van der Waals surface area contributed by atoms with Crippen molar-refractivity contribution in [2.24, 2.45) is 0 Å². The van der Waals surface area contributed by atoms with Gasteiger partial charge in [-0.1, -0.05) is 0 Å². The molecule has 2 amide bonds. The van der Waals surface area contributed by atoms with Crippen molar-refractivity contribution in [3.05, 3.63) is 0 Å². The molecule has 0 aromatic carbocycles. The van der Waals surface area contributed by atoms with Crippen molar-refractivity contribution < 1.29 is 39.6 Å². The summed E-state index contributed by atoms with van der Waals surface area (Å²) in [6.45, 7) is 0.299. The molecule has 0 aliphatic rings. The molecule has 0 heterocycles. The van der Waals surface area contributed by atoms with E-state index in [1.165, 1.54) is 0 Å². The van der Waals surface area contributed by atoms with Crippen molar-refractivity contribution >= 4 is 30.4 Å². The van der Waals surface area contributed by atoms with Gasteiger partial charge in [0.15, 0.2) is 0 Å². The fourth-order valence-electron chi connectivity index (χ4n) is 0.805. The fourth-order valence-corrected chi connectivity index (χ4v) is 0.917. The number of amides is 2. The minimum absolute atomic E-state index is 0.